The Morgan fingerprint density at radius 1 is 0.686 bits per heavy atom. The fourth-order valence-electron chi connectivity index (χ4n) is 8.90. The predicted octanol–water partition coefficient (Wildman–Crippen LogP) is 16.5. The molecule has 0 amide bonds. The molecule has 11 aromatic rings. The minimum Gasteiger partial charge on any atom is -0.501 e. The van der Waals surface area contributed by atoms with Crippen LogP contribution in [0, 0.1) is 30.2 Å². The molecule has 4 nitrogen and oxygen atoms in total. The summed E-state index contributed by atoms with van der Waals surface area (Å²) in [7, 11) is 0. The number of hydrogen-bond acceptors (Lipinski definition) is 3. The van der Waals surface area contributed by atoms with Crippen LogP contribution in [-0.4, -0.2) is 27.8 Å². The maximum absolute atomic E-state index is 14.7. The van der Waals surface area contributed by atoms with Crippen LogP contribution in [0.1, 0.15) is 38.8 Å². The van der Waals surface area contributed by atoms with Crippen molar-refractivity contribution in [1.82, 2.24) is 14.5 Å². The number of benzene rings is 8. The van der Waals surface area contributed by atoms with E-state index in [-0.39, 0.29) is 36.9 Å². The first-order valence-electron chi connectivity index (χ1n) is 25.7. The smallest absolute Gasteiger partial charge is 0.121 e. The number of imidazole rings is 1. The Bertz CT molecular complexity index is 3840. The number of halogens is 1. The molecule has 0 aliphatic carbocycles. The second-order valence-electron chi connectivity index (χ2n) is 19.3. The van der Waals surface area contributed by atoms with Gasteiger partial charge >= 0.3 is 149 Å². The van der Waals surface area contributed by atoms with Crippen LogP contribution in [0.25, 0.3) is 94.7 Å². The number of pyridine rings is 1. The summed E-state index contributed by atoms with van der Waals surface area (Å²) in [5.74, 6) is 6.56. The zero-order valence-corrected chi connectivity index (χ0v) is 44.4. The minimum atomic E-state index is -2.47. The minimum absolute atomic E-state index is 0. The van der Waals surface area contributed by atoms with Crippen molar-refractivity contribution in [3.63, 3.8) is 0 Å². The number of hydrogen-bond donors (Lipinski definition) is 0. The molecule has 11 rings (SSSR count). The maximum atomic E-state index is 14.7. The van der Waals surface area contributed by atoms with Crippen LogP contribution in [0.15, 0.2) is 193 Å². The van der Waals surface area contributed by atoms with Gasteiger partial charge in [0, 0.05) is 36.7 Å². The third kappa shape index (κ3) is 10.0. The van der Waals surface area contributed by atoms with Crippen molar-refractivity contribution < 1.29 is 35.8 Å². The van der Waals surface area contributed by atoms with Crippen LogP contribution in [0.4, 0.5) is 4.39 Å². The van der Waals surface area contributed by atoms with Crippen molar-refractivity contribution in [2.24, 2.45) is 5.41 Å². The Kier molecular flexibility index (Phi) is 12.0. The van der Waals surface area contributed by atoms with Gasteiger partial charge in [-0.2, -0.15) is 0 Å². The molecule has 3 aromatic heterocycles. The molecule has 0 fully saturated rings. The van der Waals surface area contributed by atoms with E-state index in [1.54, 1.807) is 12.3 Å². The van der Waals surface area contributed by atoms with E-state index in [1.807, 2.05) is 45.0 Å². The van der Waals surface area contributed by atoms with E-state index in [2.05, 4.69) is 178 Å². The van der Waals surface area contributed by atoms with E-state index in [0.717, 1.165) is 82.8 Å². The summed E-state index contributed by atoms with van der Waals surface area (Å²) >= 11 is -2.47. The van der Waals surface area contributed by atoms with E-state index in [9.17, 15) is 4.39 Å². The summed E-state index contributed by atoms with van der Waals surface area (Å²) in [6.45, 7) is 3.10. The van der Waals surface area contributed by atoms with E-state index in [0.29, 0.717) is 5.56 Å². The Balaban J connectivity index is 0.000000206. The molecule has 0 saturated carbocycles. The first-order valence-corrected chi connectivity index (χ1v) is 30.5. The van der Waals surface area contributed by atoms with Crippen LogP contribution in [0.2, 0.25) is 17.3 Å². The third-order valence-electron chi connectivity index (χ3n) is 12.1. The molecule has 0 saturated heterocycles. The standard InChI is InChI=1S/C43H27N2O.C20H27FGeN.Ir/c1-3-12-29(13-4-1)30-22-24-31(25-23-30)33-26-27-35-36-17-11-18-37(42(36)46-41(35)28-33)43-44-38-19-8-10-21-40(38)45(43)39-20-9-7-16-34(39)32-14-5-2-6-15-32;1-14-8-9-16(17(21)10-14)19-11-15(12-20(2,3)4)18(13-23-19)22(5,6)7;/h1-17,19-28H;8,10-11,13H,12H2,1-7H3;/q2*-1;/i;1D3,12D2;. The van der Waals surface area contributed by atoms with Crippen LogP contribution < -0.4 is 4.40 Å². The van der Waals surface area contributed by atoms with Crippen molar-refractivity contribution in [3.05, 3.63) is 217 Å². The second-order valence-corrected chi connectivity index (χ2v) is 29.9. The van der Waals surface area contributed by atoms with Gasteiger partial charge in [0.05, 0.1) is 22.4 Å². The zero-order valence-electron chi connectivity index (χ0n) is 44.9. The van der Waals surface area contributed by atoms with Crippen LogP contribution >= 0.6 is 0 Å². The molecule has 0 aliphatic rings. The predicted molar refractivity (Wildman–Crippen MR) is 288 cm³/mol. The summed E-state index contributed by atoms with van der Waals surface area (Å²) in [4.78, 5) is 9.58. The van der Waals surface area contributed by atoms with E-state index in [4.69, 9.17) is 16.3 Å². The van der Waals surface area contributed by atoms with Crippen LogP contribution in [-0.2, 0) is 26.5 Å². The summed E-state index contributed by atoms with van der Waals surface area (Å²) in [6.07, 6.45) is 0.0207. The number of aryl methyl sites for hydroxylation is 1. The van der Waals surface area contributed by atoms with Gasteiger partial charge in [-0.05, 0) is 52.1 Å². The molecule has 0 aliphatic heterocycles. The van der Waals surface area contributed by atoms with Gasteiger partial charge in [0.25, 0.3) is 0 Å². The molecule has 7 heteroatoms. The molecule has 0 bridgehead atoms. The molecule has 0 unspecified atom stereocenters. The number of aromatic nitrogens is 3. The average molecular weight is 1160 g/mol. The fourth-order valence-corrected chi connectivity index (χ4v) is 11.8. The SMILES string of the molecule is [2H]C([2H])([2H])c1c[c-]c(-c2cc(C([2H])([2H])C(C)(C)C)[c]([Ge]([CH3])([CH3])[CH3])cn2)c(F)c1.[Ir].[c-]1ccc2c(oc3cc(-c4ccc(-c5ccccc5)cc4)ccc32)c1-c1nc2ccccc2n1-c1ccccc1-c1ccccc1. The average Bonchev–Trinajstić information content (AvgIpc) is 3.97. The Hall–Kier alpha value is -6.70. The molecular weight excluding hydrogens is 1100 g/mol. The quantitative estimate of drug-likeness (QED) is 0.112. The normalized spacial score (nSPS) is 13.1. The van der Waals surface area contributed by atoms with Crippen molar-refractivity contribution in [3.8, 4) is 61.7 Å². The van der Waals surface area contributed by atoms with Crippen molar-refractivity contribution in [1.29, 1.82) is 0 Å². The Morgan fingerprint density at radius 3 is 2.03 bits per heavy atom. The number of furan rings is 1. The summed E-state index contributed by atoms with van der Waals surface area (Å²) in [5.41, 5.74) is 12.5. The van der Waals surface area contributed by atoms with Crippen molar-refractivity contribution in [2.45, 2.75) is 51.3 Å². The molecule has 349 valence electrons. The van der Waals surface area contributed by atoms with Gasteiger partial charge in [-0.3, -0.25) is 4.98 Å². The van der Waals surface area contributed by atoms with Gasteiger partial charge in [0.1, 0.15) is 5.58 Å². The molecule has 0 spiro atoms. The van der Waals surface area contributed by atoms with E-state index < -0.39 is 37.7 Å². The van der Waals surface area contributed by atoms with Crippen LogP contribution in [0.3, 0.4) is 0 Å². The topological polar surface area (TPSA) is 43.9 Å². The number of rotatable bonds is 8. The summed E-state index contributed by atoms with van der Waals surface area (Å²) in [5, 5.41) is 2.12. The van der Waals surface area contributed by atoms with Gasteiger partial charge in [0.15, 0.2) is 0 Å². The Labute approximate surface area is 434 Å². The second kappa shape index (κ2) is 20.0. The third-order valence-corrected chi connectivity index (χ3v) is 16.4. The molecular formula is C63H54FGeIrN3O-2. The molecule has 8 aromatic carbocycles. The van der Waals surface area contributed by atoms with Gasteiger partial charge in [-0.15, -0.1) is 18.2 Å². The summed E-state index contributed by atoms with van der Waals surface area (Å²) in [6, 6.07) is 67.1. The zero-order chi connectivity index (χ0) is 52.2. The molecule has 3 heterocycles. The van der Waals surface area contributed by atoms with Gasteiger partial charge in [0.2, 0.25) is 0 Å². The van der Waals surface area contributed by atoms with Gasteiger partial charge in [-0.25, -0.2) is 0 Å². The summed E-state index contributed by atoms with van der Waals surface area (Å²) < 4.78 is 64.3. The fraction of sp³-hybridized carbons (Fsp3) is 0.143. The van der Waals surface area contributed by atoms with Crippen molar-refractivity contribution >= 4 is 50.6 Å². The van der Waals surface area contributed by atoms with Crippen molar-refractivity contribution in [2.75, 3.05) is 0 Å². The first-order chi connectivity index (χ1) is 35.3. The Morgan fingerprint density at radius 2 is 1.33 bits per heavy atom. The van der Waals surface area contributed by atoms with E-state index >= 15 is 0 Å². The monoisotopic (exact) mass is 1160 g/mol. The largest absolute Gasteiger partial charge is 0.501 e. The molecule has 0 N–H and O–H groups in total. The maximum Gasteiger partial charge on any atom is 0.121 e. The van der Waals surface area contributed by atoms with Gasteiger partial charge < -0.3 is 8.98 Å². The molecule has 70 heavy (non-hydrogen) atoms. The number of para-hydroxylation sites is 3. The number of nitrogens with zero attached hydrogens (tertiary/aromatic N) is 3. The van der Waals surface area contributed by atoms with Gasteiger partial charge in [-0.1, -0.05) is 138 Å². The van der Waals surface area contributed by atoms with Crippen LogP contribution in [0.5, 0.6) is 0 Å². The number of fused-ring (bicyclic) bond motifs is 4. The van der Waals surface area contributed by atoms with E-state index in [1.165, 1.54) is 17.2 Å². The molecule has 1 radical (unpaired) electrons. The first kappa shape index (κ1) is 42.2. The molecule has 0 atom stereocenters.